The zero-order chi connectivity index (χ0) is 17.8. The van der Waals surface area contributed by atoms with Gasteiger partial charge in [-0.1, -0.05) is 60.7 Å². The Kier molecular flexibility index (Phi) is 5.14. The van der Waals surface area contributed by atoms with Gasteiger partial charge in [0.05, 0.1) is 18.1 Å². The SMILES string of the molecule is CN1C(=O)C[C@H](C(=O)NC[C@@H](O)c2ccccc2)[C@H]1c1ccccc1. The Morgan fingerprint density at radius 3 is 2.40 bits per heavy atom. The first kappa shape index (κ1) is 17.2. The molecule has 1 fully saturated rings. The third-order valence-corrected chi connectivity index (χ3v) is 4.72. The van der Waals surface area contributed by atoms with Gasteiger partial charge in [0.15, 0.2) is 0 Å². The largest absolute Gasteiger partial charge is 0.387 e. The van der Waals surface area contributed by atoms with Crippen LogP contribution in [0.4, 0.5) is 0 Å². The van der Waals surface area contributed by atoms with Crippen molar-refractivity contribution in [3.63, 3.8) is 0 Å². The van der Waals surface area contributed by atoms with Crippen LogP contribution in [-0.2, 0) is 9.59 Å². The molecular weight excluding hydrogens is 316 g/mol. The average Bonchev–Trinajstić information content (AvgIpc) is 2.96. The van der Waals surface area contributed by atoms with E-state index < -0.39 is 12.0 Å². The first-order chi connectivity index (χ1) is 12.1. The fourth-order valence-corrected chi connectivity index (χ4v) is 3.33. The molecule has 3 rings (SSSR count). The lowest BCUT2D eigenvalue weighted by molar-refractivity contribution is -0.128. The Balaban J connectivity index is 1.69. The lowest BCUT2D eigenvalue weighted by Crippen LogP contribution is -2.36. The fourth-order valence-electron chi connectivity index (χ4n) is 3.33. The van der Waals surface area contributed by atoms with Crippen molar-refractivity contribution >= 4 is 11.8 Å². The van der Waals surface area contributed by atoms with E-state index in [9.17, 15) is 14.7 Å². The van der Waals surface area contributed by atoms with E-state index in [0.29, 0.717) is 0 Å². The molecular formula is C20H22N2O3. The molecule has 130 valence electrons. The number of carbonyl (C=O) groups excluding carboxylic acids is 2. The number of benzene rings is 2. The predicted octanol–water partition coefficient (Wildman–Crippen LogP) is 2.06. The third-order valence-electron chi connectivity index (χ3n) is 4.72. The van der Waals surface area contributed by atoms with Crippen LogP contribution < -0.4 is 5.32 Å². The summed E-state index contributed by atoms with van der Waals surface area (Å²) in [4.78, 5) is 26.4. The van der Waals surface area contributed by atoms with Crippen LogP contribution in [0.2, 0.25) is 0 Å². The molecule has 3 atom stereocenters. The van der Waals surface area contributed by atoms with Gasteiger partial charge in [-0.15, -0.1) is 0 Å². The Hall–Kier alpha value is -2.66. The maximum Gasteiger partial charge on any atom is 0.226 e. The maximum absolute atomic E-state index is 12.7. The number of likely N-dealkylation sites (tertiary alicyclic amines) is 1. The molecule has 1 heterocycles. The number of amides is 2. The Morgan fingerprint density at radius 2 is 1.76 bits per heavy atom. The second-order valence-corrected chi connectivity index (χ2v) is 6.34. The standard InChI is InChI=1S/C20H22N2O3/c1-22-18(24)12-16(19(22)15-10-6-3-7-11-15)20(25)21-13-17(23)14-8-4-2-5-9-14/h2-11,16-17,19,23H,12-13H2,1H3,(H,21,25)/t16-,17+,19+/m0/s1. The molecule has 25 heavy (non-hydrogen) atoms. The molecule has 1 saturated heterocycles. The number of rotatable bonds is 5. The molecule has 5 heteroatoms. The van der Waals surface area contributed by atoms with Crippen LogP contribution in [0.3, 0.4) is 0 Å². The molecule has 0 bridgehead atoms. The minimum Gasteiger partial charge on any atom is -0.387 e. The number of nitrogens with zero attached hydrogens (tertiary/aromatic N) is 1. The van der Waals surface area contributed by atoms with Gasteiger partial charge in [-0.2, -0.15) is 0 Å². The van der Waals surface area contributed by atoms with Crippen LogP contribution in [-0.4, -0.2) is 35.4 Å². The Labute approximate surface area is 147 Å². The smallest absolute Gasteiger partial charge is 0.226 e. The van der Waals surface area contributed by atoms with E-state index in [1.54, 1.807) is 11.9 Å². The molecule has 5 nitrogen and oxygen atoms in total. The number of hydrogen-bond donors (Lipinski definition) is 2. The average molecular weight is 338 g/mol. The van der Waals surface area contributed by atoms with Gasteiger partial charge in [-0.3, -0.25) is 9.59 Å². The molecule has 1 aliphatic heterocycles. The molecule has 2 N–H and O–H groups in total. The molecule has 0 unspecified atom stereocenters. The highest BCUT2D eigenvalue weighted by atomic mass is 16.3. The highest BCUT2D eigenvalue weighted by Crippen LogP contribution is 2.37. The van der Waals surface area contributed by atoms with Gasteiger partial charge in [0.25, 0.3) is 0 Å². The highest BCUT2D eigenvalue weighted by Gasteiger charge is 2.42. The summed E-state index contributed by atoms with van der Waals surface area (Å²) < 4.78 is 0. The zero-order valence-electron chi connectivity index (χ0n) is 14.1. The van der Waals surface area contributed by atoms with Crippen molar-refractivity contribution in [2.24, 2.45) is 5.92 Å². The normalized spacial score (nSPS) is 21.2. The summed E-state index contributed by atoms with van der Waals surface area (Å²) in [6, 6.07) is 18.5. The lowest BCUT2D eigenvalue weighted by Gasteiger charge is -2.25. The van der Waals surface area contributed by atoms with Crippen LogP contribution >= 0.6 is 0 Å². The quantitative estimate of drug-likeness (QED) is 0.877. The second kappa shape index (κ2) is 7.49. The van der Waals surface area contributed by atoms with E-state index in [4.69, 9.17) is 0 Å². The van der Waals surface area contributed by atoms with Gasteiger partial charge in [0, 0.05) is 20.0 Å². The summed E-state index contributed by atoms with van der Waals surface area (Å²) in [6.45, 7) is 0.124. The van der Waals surface area contributed by atoms with Gasteiger partial charge in [0.1, 0.15) is 0 Å². The molecule has 0 aromatic heterocycles. The van der Waals surface area contributed by atoms with Crippen LogP contribution in [0.25, 0.3) is 0 Å². The molecule has 0 radical (unpaired) electrons. The van der Waals surface area contributed by atoms with Crippen molar-refractivity contribution in [1.82, 2.24) is 10.2 Å². The second-order valence-electron chi connectivity index (χ2n) is 6.34. The van der Waals surface area contributed by atoms with E-state index >= 15 is 0 Å². The van der Waals surface area contributed by atoms with Crippen LogP contribution in [0, 0.1) is 5.92 Å². The van der Waals surface area contributed by atoms with E-state index in [0.717, 1.165) is 11.1 Å². The van der Waals surface area contributed by atoms with E-state index in [1.807, 2.05) is 60.7 Å². The molecule has 2 amide bonds. The minimum absolute atomic E-state index is 0.0439. The highest BCUT2D eigenvalue weighted by molar-refractivity contribution is 5.90. The predicted molar refractivity (Wildman–Crippen MR) is 94.5 cm³/mol. The molecule has 1 aliphatic rings. The van der Waals surface area contributed by atoms with Crippen molar-refractivity contribution < 1.29 is 14.7 Å². The topological polar surface area (TPSA) is 69.6 Å². The molecule has 0 aliphatic carbocycles. The first-order valence-electron chi connectivity index (χ1n) is 8.39. The molecule has 2 aromatic carbocycles. The Morgan fingerprint density at radius 1 is 1.16 bits per heavy atom. The summed E-state index contributed by atoms with van der Waals surface area (Å²) in [7, 11) is 1.73. The number of aliphatic hydroxyl groups is 1. The molecule has 0 spiro atoms. The van der Waals surface area contributed by atoms with E-state index in [-0.39, 0.29) is 30.8 Å². The number of nitrogens with one attached hydrogen (secondary N) is 1. The molecule has 0 saturated carbocycles. The van der Waals surface area contributed by atoms with Crippen molar-refractivity contribution in [1.29, 1.82) is 0 Å². The first-order valence-corrected chi connectivity index (χ1v) is 8.39. The lowest BCUT2D eigenvalue weighted by atomic mass is 9.93. The summed E-state index contributed by atoms with van der Waals surface area (Å²) in [5, 5.41) is 13.0. The van der Waals surface area contributed by atoms with Crippen molar-refractivity contribution in [3.05, 3.63) is 71.8 Å². The fraction of sp³-hybridized carbons (Fsp3) is 0.300. The van der Waals surface area contributed by atoms with Crippen molar-refractivity contribution in [2.45, 2.75) is 18.6 Å². The van der Waals surface area contributed by atoms with Crippen molar-refractivity contribution in [3.8, 4) is 0 Å². The van der Waals surface area contributed by atoms with Crippen LogP contribution in [0.5, 0.6) is 0 Å². The van der Waals surface area contributed by atoms with Crippen molar-refractivity contribution in [2.75, 3.05) is 13.6 Å². The van der Waals surface area contributed by atoms with E-state index in [2.05, 4.69) is 5.32 Å². The van der Waals surface area contributed by atoms with Gasteiger partial charge >= 0.3 is 0 Å². The van der Waals surface area contributed by atoms with Gasteiger partial charge < -0.3 is 15.3 Å². The zero-order valence-corrected chi connectivity index (χ0v) is 14.1. The molecule has 2 aromatic rings. The monoisotopic (exact) mass is 338 g/mol. The van der Waals surface area contributed by atoms with Gasteiger partial charge in [0.2, 0.25) is 11.8 Å². The van der Waals surface area contributed by atoms with Gasteiger partial charge in [-0.05, 0) is 11.1 Å². The summed E-state index contributed by atoms with van der Waals surface area (Å²) in [5.41, 5.74) is 1.70. The summed E-state index contributed by atoms with van der Waals surface area (Å²) in [6.07, 6.45) is -0.585. The van der Waals surface area contributed by atoms with Gasteiger partial charge in [-0.25, -0.2) is 0 Å². The third kappa shape index (κ3) is 3.72. The van der Waals surface area contributed by atoms with Crippen LogP contribution in [0.1, 0.15) is 29.7 Å². The summed E-state index contributed by atoms with van der Waals surface area (Å²) in [5.74, 6) is -0.706. The number of aliphatic hydroxyl groups excluding tert-OH is 1. The number of hydrogen-bond acceptors (Lipinski definition) is 3. The van der Waals surface area contributed by atoms with Crippen LogP contribution in [0.15, 0.2) is 60.7 Å². The Bertz CT molecular complexity index is 733. The summed E-state index contributed by atoms with van der Waals surface area (Å²) >= 11 is 0. The van der Waals surface area contributed by atoms with E-state index in [1.165, 1.54) is 0 Å². The minimum atomic E-state index is -0.768. The number of carbonyl (C=O) groups is 2. The maximum atomic E-state index is 12.7.